The number of fused-ring (bicyclic) bond motifs is 3. The number of amides is 1. The first-order valence-corrected chi connectivity index (χ1v) is 8.86. The molecule has 1 aliphatic carbocycles. The van der Waals surface area contributed by atoms with E-state index in [1.54, 1.807) is 0 Å². The average molecular weight is 349 g/mol. The summed E-state index contributed by atoms with van der Waals surface area (Å²) >= 11 is 1.21. The van der Waals surface area contributed by atoms with Gasteiger partial charge in [0.05, 0.1) is 11.8 Å². The molecule has 2 N–H and O–H groups in total. The van der Waals surface area contributed by atoms with Crippen LogP contribution in [0.2, 0.25) is 0 Å². The maximum atomic E-state index is 12.4. The molecule has 1 aromatic heterocycles. The molecular formula is C19H15N3O2S. The van der Waals surface area contributed by atoms with Crippen molar-refractivity contribution in [2.24, 2.45) is 0 Å². The van der Waals surface area contributed by atoms with E-state index in [4.69, 9.17) is 0 Å². The molecule has 0 bridgehead atoms. The number of aromatic nitrogens is 2. The van der Waals surface area contributed by atoms with Crippen LogP contribution in [0, 0.1) is 0 Å². The van der Waals surface area contributed by atoms with Crippen LogP contribution in [0.4, 0.5) is 0 Å². The zero-order chi connectivity index (χ0) is 17.2. The highest BCUT2D eigenvalue weighted by atomic mass is 32.2. The van der Waals surface area contributed by atoms with Gasteiger partial charge in [-0.3, -0.25) is 9.59 Å². The van der Waals surface area contributed by atoms with Crippen LogP contribution in [0.1, 0.15) is 17.2 Å². The van der Waals surface area contributed by atoms with Gasteiger partial charge in [0, 0.05) is 12.3 Å². The van der Waals surface area contributed by atoms with Crippen LogP contribution in [0.3, 0.4) is 0 Å². The van der Waals surface area contributed by atoms with Crippen molar-refractivity contribution in [1.82, 2.24) is 15.3 Å². The summed E-state index contributed by atoms with van der Waals surface area (Å²) in [7, 11) is 0. The Bertz CT molecular complexity index is 954. The van der Waals surface area contributed by atoms with Crippen LogP contribution < -0.4 is 10.9 Å². The van der Waals surface area contributed by atoms with E-state index in [1.165, 1.54) is 24.0 Å². The first kappa shape index (κ1) is 15.7. The first-order chi connectivity index (χ1) is 12.2. The van der Waals surface area contributed by atoms with Crippen molar-refractivity contribution in [2.75, 3.05) is 5.75 Å². The van der Waals surface area contributed by atoms with Gasteiger partial charge in [0.15, 0.2) is 5.16 Å². The quantitative estimate of drug-likeness (QED) is 0.561. The molecule has 0 unspecified atom stereocenters. The van der Waals surface area contributed by atoms with Crippen LogP contribution in [-0.2, 0) is 4.79 Å². The van der Waals surface area contributed by atoms with E-state index in [-0.39, 0.29) is 23.3 Å². The molecule has 3 aromatic rings. The number of nitrogens with zero attached hydrogens (tertiary/aromatic N) is 1. The zero-order valence-electron chi connectivity index (χ0n) is 13.2. The normalized spacial score (nSPS) is 12.5. The molecule has 0 saturated heterocycles. The maximum absolute atomic E-state index is 12.4. The summed E-state index contributed by atoms with van der Waals surface area (Å²) < 4.78 is 0. The van der Waals surface area contributed by atoms with Crippen LogP contribution in [0.5, 0.6) is 0 Å². The fourth-order valence-corrected chi connectivity index (χ4v) is 3.73. The summed E-state index contributed by atoms with van der Waals surface area (Å²) in [6.07, 6.45) is 1.43. The largest absolute Gasteiger partial charge is 0.344 e. The molecular weight excluding hydrogens is 334 g/mol. The number of hydrogen-bond donors (Lipinski definition) is 2. The van der Waals surface area contributed by atoms with Crippen molar-refractivity contribution >= 4 is 17.7 Å². The Morgan fingerprint density at radius 1 is 1.04 bits per heavy atom. The predicted octanol–water partition coefficient (Wildman–Crippen LogP) is 2.75. The maximum Gasteiger partial charge on any atom is 0.251 e. The van der Waals surface area contributed by atoms with Crippen LogP contribution in [-0.4, -0.2) is 21.6 Å². The smallest absolute Gasteiger partial charge is 0.251 e. The Balaban J connectivity index is 1.52. The van der Waals surface area contributed by atoms with E-state index in [2.05, 4.69) is 27.4 Å². The van der Waals surface area contributed by atoms with Crippen LogP contribution in [0.15, 0.2) is 70.7 Å². The summed E-state index contributed by atoms with van der Waals surface area (Å²) in [6.45, 7) is 0. The molecule has 1 amide bonds. The Kier molecular flexibility index (Phi) is 4.11. The number of H-pyrrole nitrogens is 1. The lowest BCUT2D eigenvalue weighted by Gasteiger charge is -2.15. The van der Waals surface area contributed by atoms with Crippen molar-refractivity contribution in [3.63, 3.8) is 0 Å². The van der Waals surface area contributed by atoms with E-state index in [9.17, 15) is 9.59 Å². The monoisotopic (exact) mass is 349 g/mol. The van der Waals surface area contributed by atoms with Gasteiger partial charge >= 0.3 is 0 Å². The standard InChI is InChI=1S/C19H15N3O2S/c23-16-9-10-20-19(22-16)25-11-17(24)21-18-14-7-3-1-5-12(14)13-6-2-4-8-15(13)18/h1-10,18H,11H2,(H,21,24)(H,20,22,23). The number of benzene rings is 2. The molecule has 124 valence electrons. The molecule has 0 fully saturated rings. The molecule has 1 heterocycles. The van der Waals surface area contributed by atoms with Gasteiger partial charge in [0.2, 0.25) is 5.91 Å². The van der Waals surface area contributed by atoms with Gasteiger partial charge in [-0.2, -0.15) is 0 Å². The number of carbonyl (C=O) groups excluding carboxylic acids is 1. The van der Waals surface area contributed by atoms with Gasteiger partial charge in [-0.15, -0.1) is 0 Å². The molecule has 0 radical (unpaired) electrons. The third kappa shape index (κ3) is 3.08. The average Bonchev–Trinajstić information content (AvgIpc) is 2.95. The minimum absolute atomic E-state index is 0.104. The summed E-state index contributed by atoms with van der Waals surface area (Å²) in [5.74, 6) is 0.0846. The predicted molar refractivity (Wildman–Crippen MR) is 97.4 cm³/mol. The van der Waals surface area contributed by atoms with Crippen molar-refractivity contribution in [3.05, 3.63) is 82.3 Å². The number of nitrogens with one attached hydrogen (secondary N) is 2. The highest BCUT2D eigenvalue weighted by molar-refractivity contribution is 7.99. The molecule has 1 aliphatic rings. The second kappa shape index (κ2) is 6.57. The fourth-order valence-electron chi connectivity index (χ4n) is 3.07. The van der Waals surface area contributed by atoms with Crippen molar-refractivity contribution in [1.29, 1.82) is 0 Å². The molecule has 0 atom stereocenters. The summed E-state index contributed by atoms with van der Waals surface area (Å²) in [4.78, 5) is 30.4. The van der Waals surface area contributed by atoms with Crippen LogP contribution in [0.25, 0.3) is 11.1 Å². The molecule has 6 heteroatoms. The Morgan fingerprint density at radius 2 is 1.68 bits per heavy atom. The minimum atomic E-state index is -0.225. The molecule has 25 heavy (non-hydrogen) atoms. The SMILES string of the molecule is O=C(CSc1nccc(=O)[nH]1)NC1c2ccccc2-c2ccccc21. The lowest BCUT2D eigenvalue weighted by Crippen LogP contribution is -2.29. The van der Waals surface area contributed by atoms with E-state index < -0.39 is 0 Å². The van der Waals surface area contributed by atoms with Crippen molar-refractivity contribution in [3.8, 4) is 11.1 Å². The van der Waals surface area contributed by atoms with E-state index >= 15 is 0 Å². The highest BCUT2D eigenvalue weighted by Gasteiger charge is 2.28. The minimum Gasteiger partial charge on any atom is -0.344 e. The summed E-state index contributed by atoms with van der Waals surface area (Å²) in [5.41, 5.74) is 4.30. The fraction of sp³-hybridized carbons (Fsp3) is 0.105. The van der Waals surface area contributed by atoms with Crippen molar-refractivity contribution < 1.29 is 4.79 Å². The number of thioether (sulfide) groups is 1. The van der Waals surface area contributed by atoms with E-state index in [0.717, 1.165) is 22.3 Å². The Morgan fingerprint density at radius 3 is 2.32 bits per heavy atom. The summed E-state index contributed by atoms with van der Waals surface area (Å²) in [6, 6.07) is 17.4. The third-order valence-corrected chi connectivity index (χ3v) is 5.01. The van der Waals surface area contributed by atoms with E-state index in [0.29, 0.717) is 5.16 Å². The number of hydrogen-bond acceptors (Lipinski definition) is 4. The lowest BCUT2D eigenvalue weighted by atomic mass is 10.1. The zero-order valence-corrected chi connectivity index (χ0v) is 14.0. The Labute approximate surface area is 148 Å². The van der Waals surface area contributed by atoms with Gasteiger partial charge in [-0.1, -0.05) is 60.3 Å². The van der Waals surface area contributed by atoms with Gasteiger partial charge in [0.25, 0.3) is 5.56 Å². The van der Waals surface area contributed by atoms with Gasteiger partial charge in [-0.25, -0.2) is 4.98 Å². The number of aromatic amines is 1. The van der Waals surface area contributed by atoms with Gasteiger partial charge < -0.3 is 10.3 Å². The Hall–Kier alpha value is -2.86. The first-order valence-electron chi connectivity index (χ1n) is 7.88. The topological polar surface area (TPSA) is 74.8 Å². The summed E-state index contributed by atoms with van der Waals surface area (Å²) in [5, 5.41) is 3.54. The van der Waals surface area contributed by atoms with Crippen LogP contribution >= 0.6 is 11.8 Å². The molecule has 2 aromatic carbocycles. The third-order valence-electron chi connectivity index (χ3n) is 4.13. The second-order valence-electron chi connectivity index (χ2n) is 5.70. The van der Waals surface area contributed by atoms with E-state index in [1.807, 2.05) is 36.4 Å². The number of rotatable bonds is 4. The van der Waals surface area contributed by atoms with Crippen molar-refractivity contribution in [2.45, 2.75) is 11.2 Å². The molecule has 5 nitrogen and oxygen atoms in total. The number of carbonyl (C=O) groups is 1. The molecule has 0 aliphatic heterocycles. The highest BCUT2D eigenvalue weighted by Crippen LogP contribution is 2.42. The lowest BCUT2D eigenvalue weighted by molar-refractivity contribution is -0.119. The molecule has 0 saturated carbocycles. The second-order valence-corrected chi connectivity index (χ2v) is 6.67. The molecule has 4 rings (SSSR count). The van der Waals surface area contributed by atoms with Gasteiger partial charge in [-0.05, 0) is 22.3 Å². The van der Waals surface area contributed by atoms with Gasteiger partial charge in [0.1, 0.15) is 0 Å². The molecule has 0 spiro atoms.